The summed E-state index contributed by atoms with van der Waals surface area (Å²) in [5, 5.41) is 0. The van der Waals surface area contributed by atoms with Crippen molar-refractivity contribution in [1.82, 2.24) is 4.90 Å². The van der Waals surface area contributed by atoms with Crippen molar-refractivity contribution < 1.29 is 23.8 Å². The van der Waals surface area contributed by atoms with Gasteiger partial charge in [-0.2, -0.15) is 0 Å². The fraction of sp³-hybridized carbons (Fsp3) is 0.364. The summed E-state index contributed by atoms with van der Waals surface area (Å²) in [6.45, 7) is 3.68. The number of carbonyl (C=O) groups excluding carboxylic acids is 2. The Labute approximate surface area is 164 Å². The molecule has 6 nitrogen and oxygen atoms in total. The number of ether oxygens (including phenoxy) is 3. The average molecular weight is 381 g/mol. The van der Waals surface area contributed by atoms with Crippen LogP contribution in [0.25, 0.3) is 11.1 Å². The zero-order chi connectivity index (χ0) is 20.0. The molecule has 0 unspecified atom stereocenters. The molecule has 6 heteroatoms. The minimum atomic E-state index is -0.365. The Hall–Kier alpha value is -3.02. The van der Waals surface area contributed by atoms with E-state index < -0.39 is 0 Å². The third-order valence-corrected chi connectivity index (χ3v) is 5.56. The molecule has 146 valence electrons. The van der Waals surface area contributed by atoms with E-state index >= 15 is 0 Å². The van der Waals surface area contributed by atoms with Crippen LogP contribution >= 0.6 is 0 Å². The lowest BCUT2D eigenvalue weighted by Gasteiger charge is -2.42. The number of benzene rings is 2. The molecule has 0 spiro atoms. The highest BCUT2D eigenvalue weighted by Gasteiger charge is 2.38. The number of fused-ring (bicyclic) bond motifs is 2. The van der Waals surface area contributed by atoms with Gasteiger partial charge in [-0.3, -0.25) is 9.59 Å². The van der Waals surface area contributed by atoms with Gasteiger partial charge in [-0.05, 0) is 53.3 Å². The lowest BCUT2D eigenvalue weighted by atomic mass is 9.76. The third kappa shape index (κ3) is 2.80. The molecule has 0 fully saturated rings. The van der Waals surface area contributed by atoms with Crippen molar-refractivity contribution in [3.05, 3.63) is 41.0 Å². The van der Waals surface area contributed by atoms with Crippen LogP contribution < -0.4 is 14.2 Å². The number of amides is 1. The maximum atomic E-state index is 12.3. The normalized spacial score (nSPS) is 16.7. The third-order valence-electron chi connectivity index (χ3n) is 5.56. The van der Waals surface area contributed by atoms with Gasteiger partial charge in [0.2, 0.25) is 5.91 Å². The first-order valence-electron chi connectivity index (χ1n) is 9.31. The van der Waals surface area contributed by atoms with Gasteiger partial charge in [0.1, 0.15) is 5.75 Å². The first kappa shape index (κ1) is 18.3. The molecule has 1 aliphatic carbocycles. The van der Waals surface area contributed by atoms with Crippen LogP contribution in [-0.2, 0) is 22.4 Å². The van der Waals surface area contributed by atoms with Crippen molar-refractivity contribution in [2.75, 3.05) is 20.8 Å². The highest BCUT2D eigenvalue weighted by atomic mass is 16.5. The van der Waals surface area contributed by atoms with Crippen molar-refractivity contribution in [2.45, 2.75) is 32.7 Å². The maximum absolute atomic E-state index is 12.3. The van der Waals surface area contributed by atoms with Gasteiger partial charge >= 0.3 is 5.97 Å². The summed E-state index contributed by atoms with van der Waals surface area (Å²) in [6, 6.07) is 7.60. The van der Waals surface area contributed by atoms with E-state index in [2.05, 4.69) is 0 Å². The number of hydrogen-bond donors (Lipinski definition) is 0. The molecule has 1 amide bonds. The summed E-state index contributed by atoms with van der Waals surface area (Å²) in [6.07, 6.45) is 1.47. The zero-order valence-electron chi connectivity index (χ0n) is 16.5. The summed E-state index contributed by atoms with van der Waals surface area (Å²) >= 11 is 0. The smallest absolute Gasteiger partial charge is 0.308 e. The predicted molar refractivity (Wildman–Crippen MR) is 104 cm³/mol. The Morgan fingerprint density at radius 3 is 2.50 bits per heavy atom. The van der Waals surface area contributed by atoms with Crippen molar-refractivity contribution in [3.63, 3.8) is 0 Å². The molecule has 1 heterocycles. The Kier molecular flexibility index (Phi) is 4.49. The van der Waals surface area contributed by atoms with Crippen LogP contribution in [0.2, 0.25) is 0 Å². The van der Waals surface area contributed by atoms with Crippen molar-refractivity contribution >= 4 is 11.9 Å². The number of nitrogens with zero attached hydrogens (tertiary/aromatic N) is 1. The molecule has 0 aromatic heterocycles. The standard InChI is InChI=1S/C22H23NO5/c1-12(24)23-8-7-15-10-19(26-3)22(27-4)21-17-11-16(28-13(2)25)6-5-14(17)9-18(23)20(15)21/h5-6,10-11,18H,7-9H2,1-4H3/t18-/m0/s1. The number of rotatable bonds is 3. The van der Waals surface area contributed by atoms with Crippen LogP contribution in [0.5, 0.6) is 17.2 Å². The van der Waals surface area contributed by atoms with Gasteiger partial charge in [0.05, 0.1) is 20.3 Å². The molecule has 0 radical (unpaired) electrons. The lowest BCUT2D eigenvalue weighted by Crippen LogP contribution is -2.41. The molecule has 0 saturated carbocycles. The average Bonchev–Trinajstić information content (AvgIpc) is 2.67. The molecule has 2 aromatic carbocycles. The molecule has 1 aliphatic heterocycles. The molecule has 0 bridgehead atoms. The molecule has 2 aromatic rings. The number of carbonyl (C=O) groups is 2. The van der Waals surface area contributed by atoms with E-state index in [-0.39, 0.29) is 17.9 Å². The largest absolute Gasteiger partial charge is 0.493 e. The van der Waals surface area contributed by atoms with Gasteiger partial charge in [0.15, 0.2) is 11.5 Å². The Morgan fingerprint density at radius 2 is 1.86 bits per heavy atom. The van der Waals surface area contributed by atoms with Crippen LogP contribution in [0.15, 0.2) is 24.3 Å². The first-order chi connectivity index (χ1) is 13.4. The fourth-order valence-corrected chi connectivity index (χ4v) is 4.46. The molecule has 28 heavy (non-hydrogen) atoms. The van der Waals surface area contributed by atoms with E-state index in [1.165, 1.54) is 12.5 Å². The van der Waals surface area contributed by atoms with Gasteiger partial charge in [-0.1, -0.05) is 6.07 Å². The van der Waals surface area contributed by atoms with Gasteiger partial charge < -0.3 is 19.1 Å². The quantitative estimate of drug-likeness (QED) is 0.603. The second kappa shape index (κ2) is 6.86. The molecule has 2 aliphatic rings. The van der Waals surface area contributed by atoms with Crippen LogP contribution in [0, 0.1) is 0 Å². The van der Waals surface area contributed by atoms with Crippen molar-refractivity contribution in [3.8, 4) is 28.4 Å². The first-order valence-corrected chi connectivity index (χ1v) is 9.31. The van der Waals surface area contributed by atoms with Crippen molar-refractivity contribution in [1.29, 1.82) is 0 Å². The predicted octanol–water partition coefficient (Wildman–Crippen LogP) is 3.30. The summed E-state index contributed by atoms with van der Waals surface area (Å²) in [4.78, 5) is 25.6. The van der Waals surface area contributed by atoms with E-state index in [1.807, 2.05) is 23.1 Å². The molecule has 0 saturated heterocycles. The Bertz CT molecular complexity index is 981. The monoisotopic (exact) mass is 381 g/mol. The van der Waals surface area contributed by atoms with E-state index in [9.17, 15) is 9.59 Å². The van der Waals surface area contributed by atoms with E-state index in [0.717, 1.165) is 28.7 Å². The van der Waals surface area contributed by atoms with Crippen LogP contribution in [0.4, 0.5) is 0 Å². The molecular weight excluding hydrogens is 358 g/mol. The Balaban J connectivity index is 2.00. The molecule has 4 rings (SSSR count). The van der Waals surface area contributed by atoms with Crippen molar-refractivity contribution in [2.24, 2.45) is 0 Å². The lowest BCUT2D eigenvalue weighted by molar-refractivity contribution is -0.132. The van der Waals surface area contributed by atoms with E-state index in [1.54, 1.807) is 27.2 Å². The molecule has 1 atom stereocenters. The van der Waals surface area contributed by atoms with Gasteiger partial charge in [0.25, 0.3) is 0 Å². The minimum absolute atomic E-state index is 0.0388. The zero-order valence-corrected chi connectivity index (χ0v) is 16.5. The summed E-state index contributed by atoms with van der Waals surface area (Å²) in [5.74, 6) is 1.49. The summed E-state index contributed by atoms with van der Waals surface area (Å²) < 4.78 is 16.6. The second-order valence-corrected chi connectivity index (χ2v) is 7.15. The topological polar surface area (TPSA) is 65.1 Å². The number of hydrogen-bond acceptors (Lipinski definition) is 5. The van der Waals surface area contributed by atoms with Gasteiger partial charge in [0, 0.05) is 26.0 Å². The summed E-state index contributed by atoms with van der Waals surface area (Å²) in [5.41, 5.74) is 5.22. The van der Waals surface area contributed by atoms with Gasteiger partial charge in [-0.25, -0.2) is 0 Å². The highest BCUT2D eigenvalue weighted by Crippen LogP contribution is 2.53. The minimum Gasteiger partial charge on any atom is -0.493 e. The van der Waals surface area contributed by atoms with Crippen LogP contribution in [-0.4, -0.2) is 37.5 Å². The SMILES string of the molecule is COc1cc2c3c(c1OC)-c1cc(OC(C)=O)ccc1C[C@@H]3N(C(C)=O)CC2. The van der Waals surface area contributed by atoms with E-state index in [4.69, 9.17) is 14.2 Å². The van der Waals surface area contributed by atoms with Crippen LogP contribution in [0.1, 0.15) is 36.6 Å². The van der Waals surface area contributed by atoms with Crippen LogP contribution in [0.3, 0.4) is 0 Å². The maximum Gasteiger partial charge on any atom is 0.308 e. The molecular formula is C22H23NO5. The highest BCUT2D eigenvalue weighted by molar-refractivity contribution is 5.86. The Morgan fingerprint density at radius 1 is 1.07 bits per heavy atom. The number of esters is 1. The van der Waals surface area contributed by atoms with E-state index in [0.29, 0.717) is 30.2 Å². The second-order valence-electron chi connectivity index (χ2n) is 7.15. The molecule has 0 N–H and O–H groups in total. The summed E-state index contributed by atoms with van der Waals surface area (Å²) in [7, 11) is 3.24. The van der Waals surface area contributed by atoms with Gasteiger partial charge in [-0.15, -0.1) is 0 Å². The number of methoxy groups -OCH3 is 2. The fourth-order valence-electron chi connectivity index (χ4n) is 4.46.